The van der Waals surface area contributed by atoms with Crippen LogP contribution in [0.3, 0.4) is 0 Å². The van der Waals surface area contributed by atoms with Gasteiger partial charge in [0, 0.05) is 24.5 Å². The first-order chi connectivity index (χ1) is 13.6. The number of hydrogen-bond acceptors (Lipinski definition) is 5. The highest BCUT2D eigenvalue weighted by molar-refractivity contribution is 6.06. The van der Waals surface area contributed by atoms with Crippen molar-refractivity contribution in [2.24, 2.45) is 0 Å². The number of pyridine rings is 2. The molecule has 0 radical (unpaired) electrons. The first-order valence-corrected chi connectivity index (χ1v) is 9.62. The van der Waals surface area contributed by atoms with Crippen molar-refractivity contribution < 1.29 is 9.53 Å². The summed E-state index contributed by atoms with van der Waals surface area (Å²) in [6.07, 6.45) is 5.42. The second-order valence-corrected chi connectivity index (χ2v) is 7.09. The van der Waals surface area contributed by atoms with Crippen molar-refractivity contribution in [3.8, 4) is 5.75 Å². The molecule has 0 atom stereocenters. The molecule has 144 valence electrons. The highest BCUT2D eigenvalue weighted by Crippen LogP contribution is 2.23. The second kappa shape index (κ2) is 7.84. The maximum atomic E-state index is 12.8. The molecule has 28 heavy (non-hydrogen) atoms. The summed E-state index contributed by atoms with van der Waals surface area (Å²) in [5.74, 6) is 1.53. The molecular formula is C22H24N4O2. The highest BCUT2D eigenvalue weighted by atomic mass is 16.5. The Morgan fingerprint density at radius 1 is 1.11 bits per heavy atom. The number of benzene rings is 1. The first kappa shape index (κ1) is 18.2. The van der Waals surface area contributed by atoms with Crippen LogP contribution in [0.25, 0.3) is 10.9 Å². The zero-order valence-corrected chi connectivity index (χ0v) is 16.2. The number of fused-ring (bicyclic) bond motifs is 1. The average Bonchev–Trinajstić information content (AvgIpc) is 2.74. The molecule has 1 aliphatic rings. The maximum Gasteiger partial charge on any atom is 0.257 e. The van der Waals surface area contributed by atoms with E-state index in [1.807, 2.05) is 43.3 Å². The van der Waals surface area contributed by atoms with Crippen molar-refractivity contribution in [3.05, 3.63) is 53.9 Å². The van der Waals surface area contributed by atoms with Gasteiger partial charge in [0.15, 0.2) is 0 Å². The highest BCUT2D eigenvalue weighted by Gasteiger charge is 2.14. The lowest BCUT2D eigenvalue weighted by molar-refractivity contribution is 0.102. The third-order valence-corrected chi connectivity index (χ3v) is 5.15. The van der Waals surface area contributed by atoms with Gasteiger partial charge in [-0.2, -0.15) is 0 Å². The third kappa shape index (κ3) is 3.76. The van der Waals surface area contributed by atoms with Gasteiger partial charge in [-0.3, -0.25) is 9.78 Å². The van der Waals surface area contributed by atoms with Crippen LogP contribution in [0.15, 0.2) is 42.6 Å². The Bertz CT molecular complexity index is 995. The predicted molar refractivity (Wildman–Crippen MR) is 111 cm³/mol. The van der Waals surface area contributed by atoms with Gasteiger partial charge < -0.3 is 15.0 Å². The largest absolute Gasteiger partial charge is 0.497 e. The topological polar surface area (TPSA) is 67.3 Å². The van der Waals surface area contributed by atoms with Gasteiger partial charge in [-0.1, -0.05) is 0 Å². The SMILES string of the molecule is COc1ccc2cc(C(=O)Nc3ccc(N4CCCCC4)nc3)c(C)nc2c1. The van der Waals surface area contributed by atoms with E-state index >= 15 is 0 Å². The van der Waals surface area contributed by atoms with Gasteiger partial charge >= 0.3 is 0 Å². The number of amides is 1. The van der Waals surface area contributed by atoms with Gasteiger partial charge in [0.25, 0.3) is 5.91 Å². The fourth-order valence-electron chi connectivity index (χ4n) is 3.57. The molecule has 0 bridgehead atoms. The Kier molecular flexibility index (Phi) is 5.10. The van der Waals surface area contributed by atoms with Crippen LogP contribution in [0.4, 0.5) is 11.5 Å². The zero-order chi connectivity index (χ0) is 19.5. The van der Waals surface area contributed by atoms with Crippen LogP contribution in [0.1, 0.15) is 35.3 Å². The summed E-state index contributed by atoms with van der Waals surface area (Å²) in [5, 5.41) is 3.83. The van der Waals surface area contributed by atoms with Crippen LogP contribution in [0.5, 0.6) is 5.75 Å². The van der Waals surface area contributed by atoms with Crippen molar-refractivity contribution in [3.63, 3.8) is 0 Å². The van der Waals surface area contributed by atoms with Crippen molar-refractivity contribution in [2.75, 3.05) is 30.4 Å². The molecule has 0 unspecified atom stereocenters. The smallest absolute Gasteiger partial charge is 0.257 e. The number of methoxy groups -OCH3 is 1. The van der Waals surface area contributed by atoms with Gasteiger partial charge in [0.1, 0.15) is 11.6 Å². The van der Waals surface area contributed by atoms with Gasteiger partial charge in [-0.05, 0) is 56.5 Å². The second-order valence-electron chi connectivity index (χ2n) is 7.09. The number of carbonyl (C=O) groups is 1. The number of nitrogens with one attached hydrogen (secondary N) is 1. The monoisotopic (exact) mass is 376 g/mol. The summed E-state index contributed by atoms with van der Waals surface area (Å²) in [7, 11) is 1.63. The summed E-state index contributed by atoms with van der Waals surface area (Å²) in [6.45, 7) is 3.93. The minimum Gasteiger partial charge on any atom is -0.497 e. The lowest BCUT2D eigenvalue weighted by Gasteiger charge is -2.27. The van der Waals surface area contributed by atoms with Gasteiger partial charge in [-0.25, -0.2) is 4.98 Å². The number of piperidine rings is 1. The van der Waals surface area contributed by atoms with E-state index in [4.69, 9.17) is 4.74 Å². The van der Waals surface area contributed by atoms with Crippen molar-refractivity contribution in [1.82, 2.24) is 9.97 Å². The minimum absolute atomic E-state index is 0.185. The molecule has 4 rings (SSSR count). The number of aryl methyl sites for hydroxylation is 1. The number of carbonyl (C=O) groups excluding carboxylic acids is 1. The molecule has 6 heteroatoms. The fourth-order valence-corrected chi connectivity index (χ4v) is 3.57. The van der Waals surface area contributed by atoms with Gasteiger partial charge in [-0.15, -0.1) is 0 Å². The van der Waals surface area contributed by atoms with E-state index in [0.29, 0.717) is 16.9 Å². The van der Waals surface area contributed by atoms with E-state index in [0.717, 1.165) is 35.6 Å². The zero-order valence-electron chi connectivity index (χ0n) is 16.2. The van der Waals surface area contributed by atoms with Crippen LogP contribution < -0.4 is 15.0 Å². The van der Waals surface area contributed by atoms with Crippen molar-refractivity contribution in [2.45, 2.75) is 26.2 Å². The minimum atomic E-state index is -0.185. The average molecular weight is 376 g/mol. The van der Waals surface area contributed by atoms with Crippen LogP contribution in [0.2, 0.25) is 0 Å². The van der Waals surface area contributed by atoms with Crippen LogP contribution in [-0.2, 0) is 0 Å². The summed E-state index contributed by atoms with van der Waals surface area (Å²) in [6, 6.07) is 11.4. The molecule has 6 nitrogen and oxygen atoms in total. The first-order valence-electron chi connectivity index (χ1n) is 9.62. The summed E-state index contributed by atoms with van der Waals surface area (Å²) in [5.41, 5.74) is 2.72. The standard InChI is InChI=1S/C22H24N4O2/c1-15-19(12-16-6-8-18(28-2)13-20(16)24-15)22(27)25-17-7-9-21(23-14-17)26-10-4-3-5-11-26/h6-9,12-14H,3-5,10-11H2,1-2H3,(H,25,27). The van der Waals surface area contributed by atoms with Crippen LogP contribution >= 0.6 is 0 Å². The molecule has 0 aliphatic carbocycles. The number of ether oxygens (including phenoxy) is 1. The fraction of sp³-hybridized carbons (Fsp3) is 0.318. The molecule has 1 fully saturated rings. The van der Waals surface area contributed by atoms with E-state index in [-0.39, 0.29) is 5.91 Å². The molecular weight excluding hydrogens is 352 g/mol. The van der Waals surface area contributed by atoms with Crippen LogP contribution in [0, 0.1) is 6.92 Å². The molecule has 1 saturated heterocycles. The summed E-state index contributed by atoms with van der Waals surface area (Å²) < 4.78 is 5.24. The van der Waals surface area contributed by atoms with Crippen molar-refractivity contribution in [1.29, 1.82) is 0 Å². The maximum absolute atomic E-state index is 12.8. The van der Waals surface area contributed by atoms with Crippen molar-refractivity contribution >= 4 is 28.3 Å². The molecule has 1 N–H and O–H groups in total. The van der Waals surface area contributed by atoms with Crippen LogP contribution in [-0.4, -0.2) is 36.1 Å². The number of hydrogen-bond donors (Lipinski definition) is 1. The molecule has 1 aliphatic heterocycles. The summed E-state index contributed by atoms with van der Waals surface area (Å²) >= 11 is 0. The normalized spacial score (nSPS) is 14.1. The Morgan fingerprint density at radius 3 is 2.64 bits per heavy atom. The molecule has 2 aromatic heterocycles. The summed E-state index contributed by atoms with van der Waals surface area (Å²) in [4.78, 5) is 24.1. The van der Waals surface area contributed by atoms with Gasteiger partial charge in [0.2, 0.25) is 0 Å². The molecule has 1 amide bonds. The van der Waals surface area contributed by atoms with E-state index in [1.54, 1.807) is 13.3 Å². The van der Waals surface area contributed by atoms with E-state index in [2.05, 4.69) is 20.2 Å². The lowest BCUT2D eigenvalue weighted by Crippen LogP contribution is -2.30. The Labute approximate surface area is 164 Å². The number of aromatic nitrogens is 2. The molecule has 3 aromatic rings. The number of rotatable bonds is 4. The number of anilines is 2. The number of nitrogens with zero attached hydrogens (tertiary/aromatic N) is 3. The lowest BCUT2D eigenvalue weighted by atomic mass is 10.1. The molecule has 0 spiro atoms. The predicted octanol–water partition coefficient (Wildman–Crippen LogP) is 4.19. The quantitative estimate of drug-likeness (QED) is 0.739. The Morgan fingerprint density at radius 2 is 1.93 bits per heavy atom. The van der Waals surface area contributed by atoms with E-state index in [1.165, 1.54) is 19.3 Å². The molecule has 0 saturated carbocycles. The molecule has 3 heterocycles. The van der Waals surface area contributed by atoms with E-state index < -0.39 is 0 Å². The van der Waals surface area contributed by atoms with Gasteiger partial charge in [0.05, 0.1) is 35.8 Å². The Hall–Kier alpha value is -3.15. The molecule has 1 aromatic carbocycles. The Balaban J connectivity index is 1.52. The van der Waals surface area contributed by atoms with E-state index in [9.17, 15) is 4.79 Å². The third-order valence-electron chi connectivity index (χ3n) is 5.15.